The Morgan fingerprint density at radius 1 is 1.04 bits per heavy atom. The summed E-state index contributed by atoms with van der Waals surface area (Å²) in [5.74, 6) is -0.0241. The summed E-state index contributed by atoms with van der Waals surface area (Å²) >= 11 is 0. The maximum Gasteiger partial charge on any atom is 0.224 e. The highest BCUT2D eigenvalue weighted by Gasteiger charge is 2.13. The van der Waals surface area contributed by atoms with Gasteiger partial charge in [-0.05, 0) is 38.1 Å². The molecule has 0 aliphatic rings. The highest BCUT2D eigenvalue weighted by Crippen LogP contribution is 2.12. The minimum atomic E-state index is -0.0534. The van der Waals surface area contributed by atoms with Crippen molar-refractivity contribution in [3.8, 4) is 0 Å². The number of likely N-dealkylation sites (N-methyl/N-ethyl adjacent to an activating group) is 1. The molecule has 0 aliphatic carbocycles. The fraction of sp³-hybridized carbons (Fsp3) is 0.579. The van der Waals surface area contributed by atoms with Crippen molar-refractivity contribution in [1.82, 2.24) is 10.2 Å². The Bertz CT molecular complexity index is 510. The lowest BCUT2D eigenvalue weighted by Crippen LogP contribution is -2.35. The lowest BCUT2D eigenvalue weighted by molar-refractivity contribution is -0.122. The van der Waals surface area contributed by atoms with Gasteiger partial charge >= 0.3 is 0 Å². The van der Waals surface area contributed by atoms with Crippen LogP contribution < -0.4 is 10.6 Å². The second-order valence-electron chi connectivity index (χ2n) is 6.30. The van der Waals surface area contributed by atoms with Crippen molar-refractivity contribution in [1.29, 1.82) is 0 Å². The van der Waals surface area contributed by atoms with E-state index < -0.39 is 0 Å². The van der Waals surface area contributed by atoms with Gasteiger partial charge in [0, 0.05) is 31.6 Å². The zero-order chi connectivity index (χ0) is 17.9. The number of nitrogens with zero attached hydrogens (tertiary/aromatic N) is 1. The molecular weight excluding hydrogens is 302 g/mol. The van der Waals surface area contributed by atoms with E-state index in [1.54, 1.807) is 0 Å². The molecule has 0 saturated heterocycles. The Balaban J connectivity index is 2.26. The van der Waals surface area contributed by atoms with E-state index in [1.807, 2.05) is 38.1 Å². The number of rotatable bonds is 10. The van der Waals surface area contributed by atoms with Gasteiger partial charge in [-0.15, -0.1) is 0 Å². The monoisotopic (exact) mass is 333 g/mol. The van der Waals surface area contributed by atoms with E-state index in [-0.39, 0.29) is 17.7 Å². The Morgan fingerprint density at radius 2 is 1.62 bits per heavy atom. The highest BCUT2D eigenvalue weighted by molar-refractivity contribution is 5.91. The van der Waals surface area contributed by atoms with Crippen LogP contribution in [0.25, 0.3) is 0 Å². The summed E-state index contributed by atoms with van der Waals surface area (Å²) in [5, 5.41) is 5.80. The Morgan fingerprint density at radius 3 is 2.21 bits per heavy atom. The fourth-order valence-corrected chi connectivity index (χ4v) is 2.52. The first-order valence-corrected chi connectivity index (χ1v) is 8.80. The number of carbonyl (C=O) groups is 2. The highest BCUT2D eigenvalue weighted by atomic mass is 16.2. The molecule has 5 heteroatoms. The van der Waals surface area contributed by atoms with Crippen LogP contribution in [-0.2, 0) is 9.59 Å². The van der Waals surface area contributed by atoms with Crippen molar-refractivity contribution in [2.24, 2.45) is 5.92 Å². The molecular formula is C19H31N3O2. The van der Waals surface area contributed by atoms with Gasteiger partial charge in [-0.25, -0.2) is 0 Å². The molecule has 1 rings (SSSR count). The number of anilines is 1. The van der Waals surface area contributed by atoms with Crippen LogP contribution in [0.3, 0.4) is 0 Å². The summed E-state index contributed by atoms with van der Waals surface area (Å²) in [6.07, 6.45) is 0.719. The van der Waals surface area contributed by atoms with Crippen LogP contribution in [-0.4, -0.2) is 42.9 Å². The third-order valence-corrected chi connectivity index (χ3v) is 4.05. The van der Waals surface area contributed by atoms with Crippen LogP contribution in [0.4, 0.5) is 5.69 Å². The summed E-state index contributed by atoms with van der Waals surface area (Å²) in [6, 6.07) is 7.69. The minimum absolute atomic E-state index is 0.0118. The normalized spacial score (nSPS) is 12.0. The van der Waals surface area contributed by atoms with Crippen molar-refractivity contribution in [2.75, 3.05) is 31.5 Å². The molecule has 2 amide bonds. The third-order valence-electron chi connectivity index (χ3n) is 4.05. The molecule has 2 N–H and O–H groups in total. The smallest absolute Gasteiger partial charge is 0.224 e. The van der Waals surface area contributed by atoms with Crippen LogP contribution in [0.5, 0.6) is 0 Å². The van der Waals surface area contributed by atoms with Gasteiger partial charge in [0.25, 0.3) is 0 Å². The molecule has 1 atom stereocenters. The predicted octanol–water partition coefficient (Wildman–Crippen LogP) is 2.81. The van der Waals surface area contributed by atoms with Crippen molar-refractivity contribution in [3.63, 3.8) is 0 Å². The molecule has 5 nitrogen and oxygen atoms in total. The Kier molecular flexibility index (Phi) is 9.08. The number of nitrogens with one attached hydrogen (secondary N) is 2. The van der Waals surface area contributed by atoms with Gasteiger partial charge in [0.15, 0.2) is 0 Å². The van der Waals surface area contributed by atoms with E-state index in [9.17, 15) is 9.59 Å². The number of hydrogen-bond donors (Lipinski definition) is 2. The lowest BCUT2D eigenvalue weighted by atomic mass is 10.0. The van der Waals surface area contributed by atoms with Gasteiger partial charge < -0.3 is 15.5 Å². The molecule has 0 fully saturated rings. The summed E-state index contributed by atoms with van der Waals surface area (Å²) in [6.45, 7) is 11.7. The van der Waals surface area contributed by atoms with Gasteiger partial charge in [0.05, 0.1) is 0 Å². The predicted molar refractivity (Wildman–Crippen MR) is 99.0 cm³/mol. The second kappa shape index (κ2) is 10.8. The van der Waals surface area contributed by atoms with E-state index in [2.05, 4.69) is 29.4 Å². The standard InChI is InChI=1S/C19H31N3O2/c1-5-22(6-2)12-11-20-18(23)13-16(4)14-19(24)21-17-9-7-15(3)8-10-17/h7-10,16H,5-6,11-14H2,1-4H3,(H,20,23)(H,21,24)/t16-/m0/s1. The maximum atomic E-state index is 12.0. The topological polar surface area (TPSA) is 61.4 Å². The van der Waals surface area contributed by atoms with E-state index in [0.717, 1.165) is 30.9 Å². The fourth-order valence-electron chi connectivity index (χ4n) is 2.52. The molecule has 134 valence electrons. The van der Waals surface area contributed by atoms with E-state index >= 15 is 0 Å². The van der Waals surface area contributed by atoms with Crippen molar-refractivity contribution in [2.45, 2.75) is 40.5 Å². The van der Waals surface area contributed by atoms with Gasteiger partial charge in [-0.1, -0.05) is 38.5 Å². The van der Waals surface area contributed by atoms with Crippen LogP contribution in [0.15, 0.2) is 24.3 Å². The maximum absolute atomic E-state index is 12.0. The largest absolute Gasteiger partial charge is 0.355 e. The summed E-state index contributed by atoms with van der Waals surface area (Å²) in [5.41, 5.74) is 1.95. The number of benzene rings is 1. The summed E-state index contributed by atoms with van der Waals surface area (Å²) in [7, 11) is 0. The van der Waals surface area contributed by atoms with Gasteiger partial charge in [-0.3, -0.25) is 9.59 Å². The number of amides is 2. The minimum Gasteiger partial charge on any atom is -0.355 e. The molecule has 1 aromatic carbocycles. The molecule has 0 spiro atoms. The zero-order valence-electron chi connectivity index (χ0n) is 15.4. The van der Waals surface area contributed by atoms with Crippen molar-refractivity contribution >= 4 is 17.5 Å². The molecule has 0 aliphatic heterocycles. The average Bonchev–Trinajstić information content (AvgIpc) is 2.53. The van der Waals surface area contributed by atoms with Crippen LogP contribution >= 0.6 is 0 Å². The van der Waals surface area contributed by atoms with Gasteiger partial charge in [0.1, 0.15) is 0 Å². The zero-order valence-corrected chi connectivity index (χ0v) is 15.4. The van der Waals surface area contributed by atoms with Gasteiger partial charge in [-0.2, -0.15) is 0 Å². The molecule has 0 aromatic heterocycles. The number of aryl methyl sites for hydroxylation is 1. The quantitative estimate of drug-likeness (QED) is 0.692. The first-order chi connectivity index (χ1) is 11.4. The van der Waals surface area contributed by atoms with Crippen molar-refractivity contribution < 1.29 is 9.59 Å². The van der Waals surface area contributed by atoms with Gasteiger partial charge in [0.2, 0.25) is 11.8 Å². The Labute approximate surface area is 145 Å². The van der Waals surface area contributed by atoms with Crippen molar-refractivity contribution in [3.05, 3.63) is 29.8 Å². The molecule has 0 bridgehead atoms. The first-order valence-electron chi connectivity index (χ1n) is 8.80. The second-order valence-corrected chi connectivity index (χ2v) is 6.30. The van der Waals surface area contributed by atoms with Crippen LogP contribution in [0.2, 0.25) is 0 Å². The number of carbonyl (C=O) groups excluding carboxylic acids is 2. The van der Waals surface area contributed by atoms with E-state index in [0.29, 0.717) is 19.4 Å². The van der Waals surface area contributed by atoms with E-state index in [1.165, 1.54) is 0 Å². The van der Waals surface area contributed by atoms with Crippen LogP contribution in [0.1, 0.15) is 39.2 Å². The third kappa shape index (κ3) is 8.11. The molecule has 0 radical (unpaired) electrons. The summed E-state index contributed by atoms with van der Waals surface area (Å²) in [4.78, 5) is 26.2. The average molecular weight is 333 g/mol. The number of hydrogen-bond acceptors (Lipinski definition) is 3. The molecule has 1 aromatic rings. The molecule has 24 heavy (non-hydrogen) atoms. The SMILES string of the molecule is CCN(CC)CCNC(=O)C[C@H](C)CC(=O)Nc1ccc(C)cc1. The Hall–Kier alpha value is -1.88. The van der Waals surface area contributed by atoms with Crippen LogP contribution in [0, 0.1) is 12.8 Å². The van der Waals surface area contributed by atoms with E-state index in [4.69, 9.17) is 0 Å². The molecule has 0 heterocycles. The summed E-state index contributed by atoms with van der Waals surface area (Å²) < 4.78 is 0. The first kappa shape index (κ1) is 20.2. The lowest BCUT2D eigenvalue weighted by Gasteiger charge is -2.18. The molecule has 0 saturated carbocycles. The molecule has 0 unspecified atom stereocenters.